The lowest BCUT2D eigenvalue weighted by molar-refractivity contribution is -0.143. The molecule has 4 rings (SSSR count). The van der Waals surface area contributed by atoms with Crippen LogP contribution in [0.3, 0.4) is 0 Å². The van der Waals surface area contributed by atoms with E-state index in [0.717, 1.165) is 31.7 Å². The van der Waals surface area contributed by atoms with Crippen LogP contribution in [0, 0.1) is 0 Å². The average molecular weight is 430 g/mol. The van der Waals surface area contributed by atoms with Crippen molar-refractivity contribution in [3.8, 4) is 0 Å². The number of benzene rings is 3. The molecule has 0 unspecified atom stereocenters. The Morgan fingerprint density at radius 1 is 0.839 bits per heavy atom. The Balaban J connectivity index is 1.56. The maximum Gasteiger partial charge on any atom is 0.251 e. The van der Waals surface area contributed by atoms with Crippen LogP contribution in [-0.4, -0.2) is 29.1 Å². The summed E-state index contributed by atoms with van der Waals surface area (Å²) in [6.45, 7) is 3.62. The summed E-state index contributed by atoms with van der Waals surface area (Å²) in [5.41, 5.74) is 3.63. The summed E-state index contributed by atoms with van der Waals surface area (Å²) in [6.07, 6.45) is 0.165. The van der Waals surface area contributed by atoms with Gasteiger partial charge in [0.1, 0.15) is 0 Å². The highest BCUT2D eigenvalue weighted by molar-refractivity contribution is 7.99. The van der Waals surface area contributed by atoms with Gasteiger partial charge in [-0.15, -0.1) is 0 Å². The van der Waals surface area contributed by atoms with Gasteiger partial charge in [0.2, 0.25) is 5.91 Å². The van der Waals surface area contributed by atoms with Gasteiger partial charge in [0.05, 0.1) is 17.1 Å². The number of hydrogen-bond donors (Lipinski definition) is 0. The van der Waals surface area contributed by atoms with Crippen LogP contribution in [0.2, 0.25) is 0 Å². The van der Waals surface area contributed by atoms with Crippen molar-refractivity contribution >= 4 is 40.7 Å². The normalized spacial score (nSPS) is 12.7. The van der Waals surface area contributed by atoms with Crippen molar-refractivity contribution in [2.45, 2.75) is 30.1 Å². The zero-order valence-corrected chi connectivity index (χ0v) is 18.3. The van der Waals surface area contributed by atoms with E-state index in [4.69, 9.17) is 0 Å². The molecule has 0 N–H and O–H groups in total. The van der Waals surface area contributed by atoms with Gasteiger partial charge in [-0.3, -0.25) is 9.59 Å². The van der Waals surface area contributed by atoms with E-state index in [2.05, 4.69) is 34.3 Å². The first-order valence-corrected chi connectivity index (χ1v) is 10.9. The molecule has 1 heterocycles. The second-order valence-electron chi connectivity index (χ2n) is 7.22. The Morgan fingerprint density at radius 3 is 1.97 bits per heavy atom. The number of rotatable bonds is 5. The molecule has 1 aliphatic heterocycles. The molecule has 0 fully saturated rings. The third-order valence-electron chi connectivity index (χ3n) is 5.06. The van der Waals surface area contributed by atoms with Crippen molar-refractivity contribution in [3.05, 3.63) is 84.4 Å². The first-order valence-electron chi connectivity index (χ1n) is 10.1. The predicted molar refractivity (Wildman–Crippen MR) is 125 cm³/mol. The number of hydrogen-bond acceptors (Lipinski definition) is 5. The largest absolute Gasteiger partial charge is 0.339 e. The lowest BCUT2D eigenvalue weighted by atomic mass is 10.1. The zero-order valence-electron chi connectivity index (χ0n) is 17.5. The van der Waals surface area contributed by atoms with Gasteiger partial charge in [-0.1, -0.05) is 66.4 Å². The van der Waals surface area contributed by atoms with Gasteiger partial charge in [-0.05, 0) is 36.8 Å². The quantitative estimate of drug-likeness (QED) is 0.398. The fourth-order valence-corrected chi connectivity index (χ4v) is 4.62. The lowest BCUT2D eigenvalue weighted by Gasteiger charge is -2.32. The number of anilines is 2. The number of nitrogens with zero attached hydrogens (tertiary/aromatic N) is 3. The Kier molecular flexibility index (Phi) is 6.18. The first kappa shape index (κ1) is 20.9. The number of fused-ring (bicyclic) bond motifs is 2. The van der Waals surface area contributed by atoms with Gasteiger partial charge in [0.15, 0.2) is 0 Å². The smallest absolute Gasteiger partial charge is 0.251 e. The van der Waals surface area contributed by atoms with Gasteiger partial charge >= 0.3 is 0 Å². The van der Waals surface area contributed by atoms with Crippen LogP contribution in [0.15, 0.2) is 93.8 Å². The summed E-state index contributed by atoms with van der Waals surface area (Å²) < 4.78 is 0. The molecule has 0 bridgehead atoms. The standard InChI is InChI=1S/C25H23N3O2S/c1-18(20-10-4-3-5-11-20)26-28(19(2)29)25(30)16-17-27-21-12-6-8-14-23(21)31-24-15-9-7-13-22(24)27/h3-15H,16-17H2,1-2H3/b26-18-. The zero-order chi connectivity index (χ0) is 21.8. The summed E-state index contributed by atoms with van der Waals surface area (Å²) in [6, 6.07) is 25.8. The van der Waals surface area contributed by atoms with Crippen LogP contribution in [0.5, 0.6) is 0 Å². The highest BCUT2D eigenvalue weighted by Crippen LogP contribution is 2.47. The number of imide groups is 1. The van der Waals surface area contributed by atoms with Gasteiger partial charge in [-0.25, -0.2) is 0 Å². The summed E-state index contributed by atoms with van der Waals surface area (Å²) >= 11 is 1.72. The fourth-order valence-electron chi connectivity index (χ4n) is 3.52. The molecule has 3 aromatic rings. The van der Waals surface area contributed by atoms with Gasteiger partial charge in [0.25, 0.3) is 5.91 Å². The van der Waals surface area contributed by atoms with Gasteiger partial charge < -0.3 is 4.90 Å². The summed E-state index contributed by atoms with van der Waals surface area (Å²) in [5, 5.41) is 5.31. The highest BCUT2D eigenvalue weighted by atomic mass is 32.2. The van der Waals surface area contributed by atoms with E-state index >= 15 is 0 Å². The molecule has 31 heavy (non-hydrogen) atoms. The van der Waals surface area contributed by atoms with Crippen LogP contribution in [0.4, 0.5) is 11.4 Å². The fraction of sp³-hybridized carbons (Fsp3) is 0.160. The molecule has 0 aromatic heterocycles. The molecule has 0 radical (unpaired) electrons. The van der Waals surface area contributed by atoms with Crippen LogP contribution in [0.1, 0.15) is 25.8 Å². The summed E-state index contributed by atoms with van der Waals surface area (Å²) in [7, 11) is 0. The van der Waals surface area contributed by atoms with Gasteiger partial charge in [-0.2, -0.15) is 10.1 Å². The van der Waals surface area contributed by atoms with Crippen molar-refractivity contribution in [3.63, 3.8) is 0 Å². The van der Waals surface area contributed by atoms with Crippen LogP contribution >= 0.6 is 11.8 Å². The highest BCUT2D eigenvalue weighted by Gasteiger charge is 2.25. The molecule has 0 saturated heterocycles. The molecule has 3 aromatic carbocycles. The molecule has 156 valence electrons. The monoisotopic (exact) mass is 429 g/mol. The molecule has 0 atom stereocenters. The van der Waals surface area contributed by atoms with E-state index < -0.39 is 5.91 Å². The molecule has 6 heteroatoms. The second-order valence-corrected chi connectivity index (χ2v) is 8.30. The summed E-state index contributed by atoms with van der Waals surface area (Å²) in [5.74, 6) is -0.716. The molecule has 0 saturated carbocycles. The van der Waals surface area contributed by atoms with Crippen LogP contribution in [0.25, 0.3) is 0 Å². The first-order chi connectivity index (χ1) is 15.0. The van der Waals surface area contributed by atoms with Crippen LogP contribution in [-0.2, 0) is 9.59 Å². The van der Waals surface area contributed by atoms with Crippen molar-refractivity contribution in [1.82, 2.24) is 5.01 Å². The minimum atomic E-state index is -0.393. The molecule has 0 aliphatic carbocycles. The third kappa shape index (κ3) is 4.54. The molecular weight excluding hydrogens is 406 g/mol. The number of hydrazone groups is 1. The minimum absolute atomic E-state index is 0.165. The van der Waals surface area contributed by atoms with E-state index in [1.807, 2.05) is 54.6 Å². The Morgan fingerprint density at radius 2 is 1.39 bits per heavy atom. The molecule has 0 spiro atoms. The number of carbonyl (C=O) groups is 2. The molecular formula is C25H23N3O2S. The van der Waals surface area contributed by atoms with Crippen LogP contribution < -0.4 is 4.90 Å². The SMILES string of the molecule is CC(=O)N(/N=C(/C)c1ccccc1)C(=O)CCN1c2ccccc2Sc2ccccc21. The van der Waals surface area contributed by atoms with Crippen molar-refractivity contribution in [2.24, 2.45) is 5.10 Å². The average Bonchev–Trinajstić information content (AvgIpc) is 2.80. The van der Waals surface area contributed by atoms with Crippen molar-refractivity contribution < 1.29 is 9.59 Å². The van der Waals surface area contributed by atoms with Gasteiger partial charge in [0, 0.05) is 29.7 Å². The summed E-state index contributed by atoms with van der Waals surface area (Å²) in [4.78, 5) is 29.6. The number of carbonyl (C=O) groups excluding carboxylic acids is 2. The molecule has 2 amide bonds. The van der Waals surface area contributed by atoms with E-state index in [-0.39, 0.29) is 12.3 Å². The topological polar surface area (TPSA) is 53.0 Å². The van der Waals surface area contributed by atoms with E-state index in [0.29, 0.717) is 12.3 Å². The van der Waals surface area contributed by atoms with E-state index in [1.165, 1.54) is 6.92 Å². The maximum absolute atomic E-state index is 13.0. The number of amides is 2. The number of para-hydroxylation sites is 2. The van der Waals surface area contributed by atoms with Crippen molar-refractivity contribution in [1.29, 1.82) is 0 Å². The maximum atomic E-state index is 13.0. The Labute approximate surface area is 186 Å². The second kappa shape index (κ2) is 9.18. The predicted octanol–water partition coefficient (Wildman–Crippen LogP) is 5.48. The minimum Gasteiger partial charge on any atom is -0.339 e. The molecule has 1 aliphatic rings. The Hall–Kier alpha value is -3.38. The Bertz CT molecular complexity index is 1100. The van der Waals surface area contributed by atoms with Crippen molar-refractivity contribution in [2.75, 3.05) is 11.4 Å². The van der Waals surface area contributed by atoms with E-state index in [9.17, 15) is 9.59 Å². The third-order valence-corrected chi connectivity index (χ3v) is 6.19. The lowest BCUT2D eigenvalue weighted by Crippen LogP contribution is -2.34. The van der Waals surface area contributed by atoms with E-state index in [1.54, 1.807) is 18.7 Å². The molecule has 5 nitrogen and oxygen atoms in total.